The highest BCUT2D eigenvalue weighted by Crippen LogP contribution is 2.31. The number of carbonyl (C=O) groups is 2. The van der Waals surface area contributed by atoms with Gasteiger partial charge >= 0.3 is 18.1 Å². The normalized spacial score (nSPS) is 20.7. The molecule has 1 saturated heterocycles. The third-order valence-corrected chi connectivity index (χ3v) is 3.25. The molecule has 0 amide bonds. The van der Waals surface area contributed by atoms with E-state index < -0.39 is 23.7 Å². The Hall–Kier alpha value is -1.66. The lowest BCUT2D eigenvalue weighted by Gasteiger charge is -2.25. The Labute approximate surface area is 136 Å². The summed E-state index contributed by atoms with van der Waals surface area (Å²) in [7, 11) is 0. The molecule has 1 aromatic heterocycles. The number of hydrogen-bond donors (Lipinski definition) is 4. The van der Waals surface area contributed by atoms with Gasteiger partial charge in [-0.05, 0) is 35.0 Å². The van der Waals surface area contributed by atoms with Crippen LogP contribution < -0.4 is 5.32 Å². The number of H-pyrrole nitrogens is 1. The van der Waals surface area contributed by atoms with E-state index in [1.54, 1.807) is 0 Å². The summed E-state index contributed by atoms with van der Waals surface area (Å²) < 4.78 is 38.0. The van der Waals surface area contributed by atoms with E-state index in [-0.39, 0.29) is 6.61 Å². The lowest BCUT2D eigenvalue weighted by atomic mass is 9.99. The smallest absolute Gasteiger partial charge is 0.480 e. The maximum absolute atomic E-state index is 10.6. The highest BCUT2D eigenvalue weighted by molar-refractivity contribution is 9.10. The van der Waals surface area contributed by atoms with E-state index in [0.717, 1.165) is 23.3 Å². The number of hydrogen-bond acceptors (Lipinski definition) is 5. The molecule has 4 N–H and O–H groups in total. The largest absolute Gasteiger partial charge is 0.490 e. The second kappa shape index (κ2) is 7.75. The summed E-state index contributed by atoms with van der Waals surface area (Å²) in [5.74, 6) is -3.73. The van der Waals surface area contributed by atoms with E-state index in [1.165, 1.54) is 0 Å². The van der Waals surface area contributed by atoms with E-state index in [2.05, 4.69) is 31.4 Å². The van der Waals surface area contributed by atoms with Crippen molar-refractivity contribution in [3.8, 4) is 0 Å². The number of nitrogens with zero attached hydrogens (tertiary/aromatic N) is 1. The zero-order valence-corrected chi connectivity index (χ0v) is 13.1. The topological polar surface area (TPSA) is 125 Å². The molecule has 130 valence electrons. The van der Waals surface area contributed by atoms with Gasteiger partial charge in [-0.3, -0.25) is 5.10 Å². The van der Waals surface area contributed by atoms with Crippen molar-refractivity contribution in [3.63, 3.8) is 0 Å². The molecular formula is C11H13BrF3N3O5. The SMILES string of the molecule is O=C(O)C(F)(F)F.O=C(O)COC1(c2cc(Br)[nH]n2)CCNC1. The first-order chi connectivity index (χ1) is 10.6. The van der Waals surface area contributed by atoms with Crippen LogP contribution in [-0.4, -0.2) is 58.2 Å². The van der Waals surface area contributed by atoms with E-state index in [0.29, 0.717) is 6.54 Å². The Kier molecular flexibility index (Phi) is 6.53. The average Bonchev–Trinajstić information content (AvgIpc) is 3.05. The second-order valence-corrected chi connectivity index (χ2v) is 5.36. The summed E-state index contributed by atoms with van der Waals surface area (Å²) in [4.78, 5) is 19.4. The van der Waals surface area contributed by atoms with Crippen molar-refractivity contribution < 1.29 is 37.7 Å². The van der Waals surface area contributed by atoms with Crippen molar-refractivity contribution in [2.75, 3.05) is 19.7 Å². The monoisotopic (exact) mass is 403 g/mol. The van der Waals surface area contributed by atoms with Gasteiger partial charge in [0.15, 0.2) is 0 Å². The van der Waals surface area contributed by atoms with Crippen LogP contribution in [0, 0.1) is 0 Å². The molecule has 23 heavy (non-hydrogen) atoms. The van der Waals surface area contributed by atoms with E-state index >= 15 is 0 Å². The van der Waals surface area contributed by atoms with Gasteiger partial charge in [-0.15, -0.1) is 0 Å². The Morgan fingerprint density at radius 2 is 2.04 bits per heavy atom. The van der Waals surface area contributed by atoms with Crippen molar-refractivity contribution in [2.45, 2.75) is 18.2 Å². The Morgan fingerprint density at radius 3 is 2.39 bits per heavy atom. The Morgan fingerprint density at radius 1 is 1.43 bits per heavy atom. The number of aromatic amines is 1. The van der Waals surface area contributed by atoms with E-state index in [1.807, 2.05) is 6.07 Å². The molecule has 12 heteroatoms. The summed E-state index contributed by atoms with van der Waals surface area (Å²) in [5.41, 5.74) is 0.103. The molecular weight excluding hydrogens is 391 g/mol. The molecule has 2 heterocycles. The lowest BCUT2D eigenvalue weighted by molar-refractivity contribution is -0.192. The molecule has 2 rings (SSSR count). The first kappa shape index (κ1) is 19.4. The predicted octanol–water partition coefficient (Wildman–Crippen LogP) is 1.10. The number of halogens is 4. The molecule has 8 nitrogen and oxygen atoms in total. The van der Waals surface area contributed by atoms with Gasteiger partial charge in [0.05, 0.1) is 5.69 Å². The molecule has 1 fully saturated rings. The predicted molar refractivity (Wildman–Crippen MR) is 72.7 cm³/mol. The number of aromatic nitrogens is 2. The number of ether oxygens (including phenoxy) is 1. The van der Waals surface area contributed by atoms with Crippen LogP contribution in [0.15, 0.2) is 10.7 Å². The minimum absolute atomic E-state index is 0.313. The first-order valence-corrected chi connectivity index (χ1v) is 6.94. The average molecular weight is 404 g/mol. The molecule has 1 atom stereocenters. The van der Waals surface area contributed by atoms with E-state index in [9.17, 15) is 18.0 Å². The zero-order chi connectivity index (χ0) is 17.7. The van der Waals surface area contributed by atoms with Crippen molar-refractivity contribution in [2.24, 2.45) is 0 Å². The maximum atomic E-state index is 10.6. The zero-order valence-electron chi connectivity index (χ0n) is 11.5. The highest BCUT2D eigenvalue weighted by atomic mass is 79.9. The van der Waals surface area contributed by atoms with Gasteiger partial charge in [0.2, 0.25) is 0 Å². The minimum Gasteiger partial charge on any atom is -0.480 e. The van der Waals surface area contributed by atoms with Crippen molar-refractivity contribution >= 4 is 27.9 Å². The molecule has 0 radical (unpaired) electrons. The van der Waals surface area contributed by atoms with Crippen molar-refractivity contribution in [3.05, 3.63) is 16.4 Å². The Bertz CT molecular complexity index is 557. The lowest BCUT2D eigenvalue weighted by Crippen LogP contribution is -2.34. The van der Waals surface area contributed by atoms with Crippen LogP contribution in [0.3, 0.4) is 0 Å². The van der Waals surface area contributed by atoms with Crippen LogP contribution in [0.5, 0.6) is 0 Å². The van der Waals surface area contributed by atoms with Gasteiger partial charge in [-0.25, -0.2) is 9.59 Å². The number of carboxylic acid groups (broad SMARTS) is 2. The fourth-order valence-electron chi connectivity index (χ4n) is 1.82. The number of nitrogens with one attached hydrogen (secondary N) is 2. The fourth-order valence-corrected chi connectivity index (χ4v) is 2.12. The third-order valence-electron chi connectivity index (χ3n) is 2.84. The van der Waals surface area contributed by atoms with E-state index in [4.69, 9.17) is 19.7 Å². The molecule has 0 aliphatic carbocycles. The highest BCUT2D eigenvalue weighted by Gasteiger charge is 2.39. The number of carboxylic acids is 2. The second-order valence-electron chi connectivity index (χ2n) is 4.51. The van der Waals surface area contributed by atoms with Crippen molar-refractivity contribution in [1.82, 2.24) is 15.5 Å². The molecule has 1 unspecified atom stereocenters. The Balaban J connectivity index is 0.000000322. The first-order valence-electron chi connectivity index (χ1n) is 6.15. The molecule has 1 aliphatic rings. The molecule has 0 bridgehead atoms. The van der Waals surface area contributed by atoms with Crippen LogP contribution in [0.4, 0.5) is 13.2 Å². The summed E-state index contributed by atoms with van der Waals surface area (Å²) in [5, 5.41) is 25.8. The number of aliphatic carboxylic acids is 2. The maximum Gasteiger partial charge on any atom is 0.490 e. The molecule has 0 spiro atoms. The number of rotatable bonds is 4. The van der Waals surface area contributed by atoms with Gasteiger partial charge in [0.1, 0.15) is 16.8 Å². The van der Waals surface area contributed by atoms with Gasteiger partial charge in [0, 0.05) is 6.54 Å². The van der Waals surface area contributed by atoms with Crippen LogP contribution in [0.2, 0.25) is 0 Å². The third kappa shape index (κ3) is 5.80. The molecule has 1 aliphatic heterocycles. The standard InChI is InChI=1S/C9H12BrN3O3.C2HF3O2/c10-7-3-6(12-13-7)9(1-2-11-5-9)16-4-8(14)15;3-2(4,5)1(6)7/h3,11H,1-2,4-5H2,(H,12,13)(H,14,15);(H,6,7). The molecule has 0 saturated carbocycles. The fraction of sp³-hybridized carbons (Fsp3) is 0.545. The number of alkyl halides is 3. The van der Waals surface area contributed by atoms with Crippen LogP contribution in [0.1, 0.15) is 12.1 Å². The summed E-state index contributed by atoms with van der Waals surface area (Å²) in [6.45, 7) is 1.06. The minimum atomic E-state index is -5.08. The molecule has 0 aromatic carbocycles. The van der Waals surface area contributed by atoms with Crippen LogP contribution in [-0.2, 0) is 19.9 Å². The summed E-state index contributed by atoms with van der Waals surface area (Å²) >= 11 is 3.27. The molecule has 1 aromatic rings. The van der Waals surface area contributed by atoms with Crippen LogP contribution >= 0.6 is 15.9 Å². The van der Waals surface area contributed by atoms with Gasteiger partial charge < -0.3 is 20.3 Å². The quantitative estimate of drug-likeness (QED) is 0.592. The summed E-state index contributed by atoms with van der Waals surface area (Å²) in [6, 6.07) is 1.81. The van der Waals surface area contributed by atoms with Crippen LogP contribution in [0.25, 0.3) is 0 Å². The van der Waals surface area contributed by atoms with Gasteiger partial charge in [0.25, 0.3) is 0 Å². The van der Waals surface area contributed by atoms with Crippen molar-refractivity contribution in [1.29, 1.82) is 0 Å². The van der Waals surface area contributed by atoms with Gasteiger partial charge in [-0.2, -0.15) is 18.3 Å². The summed E-state index contributed by atoms with van der Waals surface area (Å²) in [6.07, 6.45) is -4.36. The van der Waals surface area contributed by atoms with Gasteiger partial charge in [-0.1, -0.05) is 0 Å².